The molecule has 1 aliphatic rings. The van der Waals surface area contributed by atoms with Crippen LogP contribution in [0.4, 0.5) is 11.5 Å². The molecule has 2 aromatic rings. The largest absolute Gasteiger partial charge is 0.771 e. The second-order valence-corrected chi connectivity index (χ2v) is 7.23. The van der Waals surface area contributed by atoms with E-state index in [1.54, 1.807) is 12.1 Å². The number of carbonyl (C=O) groups excluding carboxylic acids is 1. The lowest BCUT2D eigenvalue weighted by Crippen LogP contribution is -2.35. The summed E-state index contributed by atoms with van der Waals surface area (Å²) in [6, 6.07) is 11.5. The van der Waals surface area contributed by atoms with Crippen LogP contribution in [0.1, 0.15) is 34.7 Å². The minimum Gasteiger partial charge on any atom is -0.771 e. The smallest absolute Gasteiger partial charge is 0.250 e. The van der Waals surface area contributed by atoms with Crippen LogP contribution in [-0.4, -0.2) is 43.5 Å². The molecule has 1 aromatic heterocycles. The van der Waals surface area contributed by atoms with E-state index in [1.165, 1.54) is 11.8 Å². The highest BCUT2D eigenvalue weighted by Crippen LogP contribution is 2.29. The number of hydrogen-bond donors (Lipinski definition) is 2. The first-order chi connectivity index (χ1) is 12.5. The van der Waals surface area contributed by atoms with Gasteiger partial charge in [-0.05, 0) is 72.8 Å². The summed E-state index contributed by atoms with van der Waals surface area (Å²) in [5, 5.41) is 3.19. The van der Waals surface area contributed by atoms with E-state index in [9.17, 15) is 13.6 Å². The van der Waals surface area contributed by atoms with Gasteiger partial charge in [-0.1, -0.05) is 12.1 Å². The number of piperidine rings is 1. The third-order valence-electron chi connectivity index (χ3n) is 4.58. The Morgan fingerprint density at radius 1 is 1.23 bits per heavy atom. The first-order valence-electron chi connectivity index (χ1n) is 8.42. The van der Waals surface area contributed by atoms with Gasteiger partial charge in [0.2, 0.25) is 5.91 Å². The molecule has 0 radical (unpaired) electrons. The molecule has 1 amide bonds. The minimum absolute atomic E-state index is 0.122. The van der Waals surface area contributed by atoms with Crippen molar-refractivity contribution in [1.82, 2.24) is 9.88 Å². The predicted octanol–water partition coefficient (Wildman–Crippen LogP) is 1.94. The maximum absolute atomic E-state index is 11.1. The van der Waals surface area contributed by atoms with Crippen molar-refractivity contribution in [3.63, 3.8) is 0 Å². The highest BCUT2D eigenvalue weighted by Gasteiger charge is 2.20. The van der Waals surface area contributed by atoms with Gasteiger partial charge in [0.25, 0.3) is 0 Å². The zero-order chi connectivity index (χ0) is 18.5. The standard InChI is InChI=1S/C18H22N4O3S/c19-18(23)15-3-6-17(20-11-15)21-16-4-1-13(2-5-16)14-7-9-22(10-8-14)12-26(24)25/h1-6,11,14H,7-10,12H2,(H2,19,23)(H,20,21)(H,24,25)/p-1. The molecule has 0 aliphatic carbocycles. The maximum atomic E-state index is 11.1. The highest BCUT2D eigenvalue weighted by atomic mass is 32.2. The number of carbonyl (C=O) groups is 1. The molecule has 0 saturated carbocycles. The normalized spacial score (nSPS) is 17.0. The van der Waals surface area contributed by atoms with Gasteiger partial charge in [0, 0.05) is 11.9 Å². The number of nitrogens with one attached hydrogen (secondary N) is 1. The van der Waals surface area contributed by atoms with Crippen LogP contribution in [0.15, 0.2) is 42.6 Å². The molecule has 8 heteroatoms. The van der Waals surface area contributed by atoms with Crippen molar-refractivity contribution in [1.29, 1.82) is 0 Å². The fourth-order valence-corrected chi connectivity index (χ4v) is 3.70. The number of hydrogen-bond acceptors (Lipinski definition) is 6. The summed E-state index contributed by atoms with van der Waals surface area (Å²) in [5.74, 6) is 0.716. The summed E-state index contributed by atoms with van der Waals surface area (Å²) in [7, 11) is 0. The number of amides is 1. The van der Waals surface area contributed by atoms with Crippen LogP contribution in [0.25, 0.3) is 0 Å². The zero-order valence-corrected chi connectivity index (χ0v) is 15.1. The van der Waals surface area contributed by atoms with Crippen molar-refractivity contribution in [2.45, 2.75) is 18.8 Å². The quantitative estimate of drug-likeness (QED) is 0.749. The van der Waals surface area contributed by atoms with E-state index in [4.69, 9.17) is 5.73 Å². The first kappa shape index (κ1) is 18.5. The van der Waals surface area contributed by atoms with E-state index < -0.39 is 17.0 Å². The van der Waals surface area contributed by atoms with Gasteiger partial charge in [0.15, 0.2) is 0 Å². The van der Waals surface area contributed by atoms with E-state index in [0.29, 0.717) is 17.3 Å². The Morgan fingerprint density at radius 2 is 1.92 bits per heavy atom. The Bertz CT molecular complexity index is 772. The second-order valence-electron chi connectivity index (χ2n) is 6.37. The summed E-state index contributed by atoms with van der Waals surface area (Å²) < 4.78 is 21.6. The van der Waals surface area contributed by atoms with E-state index in [1.807, 2.05) is 17.0 Å². The van der Waals surface area contributed by atoms with Crippen molar-refractivity contribution >= 4 is 28.5 Å². The summed E-state index contributed by atoms with van der Waals surface area (Å²) in [6.07, 6.45) is 3.36. The average Bonchev–Trinajstić information content (AvgIpc) is 2.63. The maximum Gasteiger partial charge on any atom is 0.250 e. The minimum atomic E-state index is -2.01. The molecule has 138 valence electrons. The molecular weight excluding hydrogens is 352 g/mol. The first-order valence-corrected chi connectivity index (χ1v) is 9.67. The van der Waals surface area contributed by atoms with E-state index >= 15 is 0 Å². The summed E-state index contributed by atoms with van der Waals surface area (Å²) in [6.45, 7) is 1.60. The number of rotatable bonds is 6. The molecule has 1 aromatic carbocycles. The van der Waals surface area contributed by atoms with Gasteiger partial charge in [-0.2, -0.15) is 0 Å². The number of aromatic nitrogens is 1. The molecule has 0 spiro atoms. The van der Waals surface area contributed by atoms with E-state index in [2.05, 4.69) is 22.4 Å². The van der Waals surface area contributed by atoms with Crippen molar-refractivity contribution in [3.05, 3.63) is 53.7 Å². The molecule has 1 unspecified atom stereocenters. The molecule has 0 bridgehead atoms. The number of primary amides is 1. The van der Waals surface area contributed by atoms with Gasteiger partial charge >= 0.3 is 0 Å². The Morgan fingerprint density at radius 3 is 2.46 bits per heavy atom. The lowest BCUT2D eigenvalue weighted by atomic mass is 9.89. The summed E-state index contributed by atoms with van der Waals surface area (Å²) in [4.78, 5) is 17.2. The van der Waals surface area contributed by atoms with Crippen molar-refractivity contribution in [2.24, 2.45) is 5.73 Å². The van der Waals surface area contributed by atoms with Crippen molar-refractivity contribution in [3.8, 4) is 0 Å². The van der Waals surface area contributed by atoms with Gasteiger partial charge in [0.1, 0.15) is 5.82 Å². The monoisotopic (exact) mass is 373 g/mol. The van der Waals surface area contributed by atoms with Crippen molar-refractivity contribution in [2.75, 3.05) is 24.3 Å². The van der Waals surface area contributed by atoms with Crippen LogP contribution in [-0.2, 0) is 11.1 Å². The van der Waals surface area contributed by atoms with Crippen molar-refractivity contribution < 1.29 is 13.6 Å². The van der Waals surface area contributed by atoms with Gasteiger partial charge in [0.05, 0.1) is 11.4 Å². The zero-order valence-electron chi connectivity index (χ0n) is 14.3. The fraction of sp³-hybridized carbons (Fsp3) is 0.333. The summed E-state index contributed by atoms with van der Waals surface area (Å²) >= 11 is -2.01. The number of pyridine rings is 1. The molecule has 1 saturated heterocycles. The van der Waals surface area contributed by atoms with E-state index in [-0.39, 0.29) is 5.88 Å². The Kier molecular flexibility index (Phi) is 5.97. The fourth-order valence-electron chi connectivity index (χ4n) is 3.14. The van der Waals surface area contributed by atoms with Crippen LogP contribution in [0.2, 0.25) is 0 Å². The molecule has 2 heterocycles. The van der Waals surface area contributed by atoms with Gasteiger partial charge in [-0.15, -0.1) is 0 Å². The number of likely N-dealkylation sites (tertiary alicyclic amines) is 1. The SMILES string of the molecule is NC(=O)c1ccc(Nc2ccc(C3CCN(CS(=O)[O-])CC3)cc2)nc1. The molecule has 3 rings (SSSR count). The molecule has 1 fully saturated rings. The number of nitrogens with two attached hydrogens (primary N) is 1. The van der Waals surface area contributed by atoms with Crippen LogP contribution in [0.3, 0.4) is 0 Å². The Balaban J connectivity index is 1.57. The Labute approximate surface area is 154 Å². The molecule has 7 nitrogen and oxygen atoms in total. The van der Waals surface area contributed by atoms with Crippen LogP contribution in [0.5, 0.6) is 0 Å². The molecule has 1 aliphatic heterocycles. The lowest BCUT2D eigenvalue weighted by molar-refractivity contribution is 0.1000. The highest BCUT2D eigenvalue weighted by molar-refractivity contribution is 7.79. The summed E-state index contributed by atoms with van der Waals surface area (Å²) in [5.41, 5.74) is 7.75. The molecular formula is C18H21N4O3S-. The lowest BCUT2D eigenvalue weighted by Gasteiger charge is -2.32. The third-order valence-corrected chi connectivity index (χ3v) is 5.15. The Hall–Kier alpha value is -2.29. The number of anilines is 2. The average molecular weight is 373 g/mol. The van der Waals surface area contributed by atoms with Crippen LogP contribution >= 0.6 is 0 Å². The van der Waals surface area contributed by atoms with E-state index in [0.717, 1.165) is 31.6 Å². The molecule has 26 heavy (non-hydrogen) atoms. The topological polar surface area (TPSA) is 111 Å². The predicted molar refractivity (Wildman–Crippen MR) is 99.8 cm³/mol. The molecule has 3 N–H and O–H groups in total. The third kappa shape index (κ3) is 4.87. The van der Waals surface area contributed by atoms with Crippen LogP contribution < -0.4 is 11.1 Å². The van der Waals surface area contributed by atoms with Gasteiger partial charge < -0.3 is 15.6 Å². The number of benzene rings is 1. The number of nitrogens with zero attached hydrogens (tertiary/aromatic N) is 2. The molecule has 1 atom stereocenters. The van der Waals surface area contributed by atoms with Crippen LogP contribution in [0, 0.1) is 0 Å². The van der Waals surface area contributed by atoms with Gasteiger partial charge in [-0.25, -0.2) is 4.98 Å². The second kappa shape index (κ2) is 8.39. The van der Waals surface area contributed by atoms with Gasteiger partial charge in [-0.3, -0.25) is 13.9 Å².